The Kier molecular flexibility index (Phi) is 4.14. The SMILES string of the molecule is CCN(CC)c1ccc(N2CCC(=N)c3ccccc32)cc1. The molecule has 1 aliphatic heterocycles. The zero-order chi connectivity index (χ0) is 15.5. The molecule has 2 aromatic carbocycles. The molecule has 0 spiro atoms. The van der Waals surface area contributed by atoms with Crippen LogP contribution in [0.25, 0.3) is 0 Å². The van der Waals surface area contributed by atoms with E-state index in [1.807, 2.05) is 12.1 Å². The monoisotopic (exact) mass is 293 g/mol. The summed E-state index contributed by atoms with van der Waals surface area (Å²) >= 11 is 0. The molecular formula is C19H23N3. The summed E-state index contributed by atoms with van der Waals surface area (Å²) in [4.78, 5) is 4.67. The van der Waals surface area contributed by atoms with Crippen molar-refractivity contribution in [1.29, 1.82) is 5.41 Å². The van der Waals surface area contributed by atoms with E-state index in [0.717, 1.165) is 43.0 Å². The second-order valence-electron chi connectivity index (χ2n) is 5.59. The number of fused-ring (bicyclic) bond motifs is 1. The van der Waals surface area contributed by atoms with Crippen LogP contribution in [0.4, 0.5) is 17.1 Å². The maximum Gasteiger partial charge on any atom is 0.0502 e. The van der Waals surface area contributed by atoms with Crippen LogP contribution in [0.15, 0.2) is 48.5 Å². The van der Waals surface area contributed by atoms with Gasteiger partial charge in [0.1, 0.15) is 0 Å². The lowest BCUT2D eigenvalue weighted by atomic mass is 9.99. The summed E-state index contributed by atoms with van der Waals surface area (Å²) in [6, 6.07) is 17.0. The van der Waals surface area contributed by atoms with E-state index in [4.69, 9.17) is 5.41 Å². The van der Waals surface area contributed by atoms with E-state index >= 15 is 0 Å². The van der Waals surface area contributed by atoms with Crippen LogP contribution < -0.4 is 9.80 Å². The van der Waals surface area contributed by atoms with Gasteiger partial charge in [0.05, 0.1) is 5.69 Å². The Morgan fingerprint density at radius 3 is 2.36 bits per heavy atom. The molecule has 22 heavy (non-hydrogen) atoms. The third kappa shape index (κ3) is 2.59. The molecule has 3 heteroatoms. The van der Waals surface area contributed by atoms with Gasteiger partial charge >= 0.3 is 0 Å². The van der Waals surface area contributed by atoms with Gasteiger partial charge in [-0.25, -0.2) is 0 Å². The molecular weight excluding hydrogens is 270 g/mol. The first-order chi connectivity index (χ1) is 10.7. The second-order valence-corrected chi connectivity index (χ2v) is 5.59. The Labute approximate surface area is 132 Å². The molecule has 0 radical (unpaired) electrons. The Hall–Kier alpha value is -2.29. The Bertz CT molecular complexity index is 657. The summed E-state index contributed by atoms with van der Waals surface area (Å²) in [7, 11) is 0. The van der Waals surface area contributed by atoms with Crippen molar-refractivity contribution in [2.75, 3.05) is 29.4 Å². The summed E-state index contributed by atoms with van der Waals surface area (Å²) in [6.07, 6.45) is 0.800. The molecule has 0 aliphatic carbocycles. The van der Waals surface area contributed by atoms with E-state index in [9.17, 15) is 0 Å². The highest BCUT2D eigenvalue weighted by atomic mass is 15.1. The van der Waals surface area contributed by atoms with Crippen molar-refractivity contribution >= 4 is 22.8 Å². The fourth-order valence-electron chi connectivity index (χ4n) is 3.14. The molecule has 0 bridgehead atoms. The molecule has 2 aromatic rings. The quantitative estimate of drug-likeness (QED) is 0.903. The standard InChI is InChI=1S/C19H23N3/c1-3-21(4-2)15-9-11-16(12-10-15)22-14-13-18(20)17-7-5-6-8-19(17)22/h5-12,20H,3-4,13-14H2,1-2H3. The van der Waals surface area contributed by atoms with Crippen molar-refractivity contribution in [3.8, 4) is 0 Å². The fraction of sp³-hybridized carbons (Fsp3) is 0.316. The number of rotatable bonds is 4. The van der Waals surface area contributed by atoms with E-state index in [2.05, 4.69) is 60.0 Å². The van der Waals surface area contributed by atoms with Gasteiger partial charge in [-0.05, 0) is 44.2 Å². The summed E-state index contributed by atoms with van der Waals surface area (Å²) in [6.45, 7) is 7.30. The molecule has 1 N–H and O–H groups in total. The van der Waals surface area contributed by atoms with E-state index in [-0.39, 0.29) is 0 Å². The van der Waals surface area contributed by atoms with Crippen molar-refractivity contribution in [1.82, 2.24) is 0 Å². The van der Waals surface area contributed by atoms with Crippen LogP contribution in [0, 0.1) is 5.41 Å². The van der Waals surface area contributed by atoms with E-state index in [1.165, 1.54) is 11.4 Å². The highest BCUT2D eigenvalue weighted by Gasteiger charge is 2.21. The predicted molar refractivity (Wildman–Crippen MR) is 94.9 cm³/mol. The van der Waals surface area contributed by atoms with Crippen LogP contribution in [0.2, 0.25) is 0 Å². The molecule has 0 atom stereocenters. The van der Waals surface area contributed by atoms with E-state index in [0.29, 0.717) is 0 Å². The van der Waals surface area contributed by atoms with Gasteiger partial charge in [0.15, 0.2) is 0 Å². The number of para-hydroxylation sites is 1. The van der Waals surface area contributed by atoms with Gasteiger partial charge in [0.25, 0.3) is 0 Å². The van der Waals surface area contributed by atoms with Crippen LogP contribution >= 0.6 is 0 Å². The minimum atomic E-state index is 0.742. The Morgan fingerprint density at radius 1 is 1.00 bits per heavy atom. The van der Waals surface area contributed by atoms with Gasteiger partial charge < -0.3 is 15.2 Å². The van der Waals surface area contributed by atoms with Crippen molar-refractivity contribution < 1.29 is 0 Å². The third-order valence-electron chi connectivity index (χ3n) is 4.40. The number of benzene rings is 2. The Morgan fingerprint density at radius 2 is 1.68 bits per heavy atom. The molecule has 3 nitrogen and oxygen atoms in total. The summed E-state index contributed by atoms with van der Waals surface area (Å²) in [5.74, 6) is 0. The lowest BCUT2D eigenvalue weighted by Gasteiger charge is -2.32. The average Bonchev–Trinajstić information content (AvgIpc) is 2.57. The number of hydrogen-bond donors (Lipinski definition) is 1. The largest absolute Gasteiger partial charge is 0.372 e. The molecule has 114 valence electrons. The molecule has 1 aliphatic rings. The van der Waals surface area contributed by atoms with Crippen LogP contribution in [-0.4, -0.2) is 25.3 Å². The molecule has 0 saturated heterocycles. The van der Waals surface area contributed by atoms with Crippen LogP contribution in [0.3, 0.4) is 0 Å². The van der Waals surface area contributed by atoms with Crippen molar-refractivity contribution in [3.63, 3.8) is 0 Å². The van der Waals surface area contributed by atoms with Gasteiger partial charge in [-0.1, -0.05) is 18.2 Å². The molecule has 0 amide bonds. The van der Waals surface area contributed by atoms with Crippen molar-refractivity contribution in [3.05, 3.63) is 54.1 Å². The highest BCUT2D eigenvalue weighted by molar-refractivity contribution is 6.06. The maximum absolute atomic E-state index is 8.13. The van der Waals surface area contributed by atoms with Gasteiger partial charge in [-0.2, -0.15) is 0 Å². The van der Waals surface area contributed by atoms with Crippen LogP contribution in [0.1, 0.15) is 25.8 Å². The summed E-state index contributed by atoms with van der Waals surface area (Å²) in [5, 5.41) is 8.13. The summed E-state index contributed by atoms with van der Waals surface area (Å²) in [5.41, 5.74) is 5.42. The Balaban J connectivity index is 1.92. The number of nitrogens with zero attached hydrogens (tertiary/aromatic N) is 2. The number of nitrogens with one attached hydrogen (secondary N) is 1. The summed E-state index contributed by atoms with van der Waals surface area (Å²) < 4.78 is 0. The lowest BCUT2D eigenvalue weighted by Crippen LogP contribution is -2.28. The normalized spacial score (nSPS) is 13.9. The molecule has 1 heterocycles. The smallest absolute Gasteiger partial charge is 0.0502 e. The van der Waals surface area contributed by atoms with Crippen molar-refractivity contribution in [2.24, 2.45) is 0 Å². The molecule has 0 saturated carbocycles. The topological polar surface area (TPSA) is 30.3 Å². The van der Waals surface area contributed by atoms with E-state index in [1.54, 1.807) is 0 Å². The zero-order valence-electron chi connectivity index (χ0n) is 13.3. The fourth-order valence-corrected chi connectivity index (χ4v) is 3.14. The predicted octanol–water partition coefficient (Wildman–Crippen LogP) is 4.44. The molecule has 0 unspecified atom stereocenters. The van der Waals surface area contributed by atoms with Crippen LogP contribution in [-0.2, 0) is 0 Å². The average molecular weight is 293 g/mol. The van der Waals surface area contributed by atoms with Gasteiger partial charge in [0, 0.05) is 48.7 Å². The van der Waals surface area contributed by atoms with E-state index < -0.39 is 0 Å². The van der Waals surface area contributed by atoms with Gasteiger partial charge in [0.2, 0.25) is 0 Å². The number of anilines is 3. The van der Waals surface area contributed by atoms with Gasteiger partial charge in [-0.15, -0.1) is 0 Å². The maximum atomic E-state index is 8.13. The molecule has 3 rings (SSSR count). The van der Waals surface area contributed by atoms with Crippen LogP contribution in [0.5, 0.6) is 0 Å². The number of hydrogen-bond acceptors (Lipinski definition) is 3. The zero-order valence-corrected chi connectivity index (χ0v) is 13.3. The minimum Gasteiger partial charge on any atom is -0.372 e. The highest BCUT2D eigenvalue weighted by Crippen LogP contribution is 2.34. The lowest BCUT2D eigenvalue weighted by molar-refractivity contribution is 0.865. The second kappa shape index (κ2) is 6.22. The first-order valence-electron chi connectivity index (χ1n) is 8.04. The first-order valence-corrected chi connectivity index (χ1v) is 8.04. The molecule has 0 aromatic heterocycles. The van der Waals surface area contributed by atoms with Crippen molar-refractivity contribution in [2.45, 2.75) is 20.3 Å². The first kappa shape index (κ1) is 14.6. The minimum absolute atomic E-state index is 0.742. The third-order valence-corrected chi connectivity index (χ3v) is 4.40. The van der Waals surface area contributed by atoms with Gasteiger partial charge in [-0.3, -0.25) is 0 Å². The molecule has 0 fully saturated rings.